The molecule has 3 nitrogen and oxygen atoms in total. The second-order valence-corrected chi connectivity index (χ2v) is 5.32. The Hall–Kier alpha value is -2.76. The maximum Gasteiger partial charge on any atom is 0.573 e. The Bertz CT molecular complexity index is 881. The third kappa shape index (κ3) is 3.76. The largest absolute Gasteiger partial charge is 0.573 e. The van der Waals surface area contributed by atoms with Crippen LogP contribution in [0.5, 0.6) is 5.75 Å². The van der Waals surface area contributed by atoms with E-state index in [-0.39, 0.29) is 5.75 Å². The number of allylic oxidation sites excluding steroid dienone is 1. The minimum absolute atomic E-state index is 0.218. The van der Waals surface area contributed by atoms with E-state index >= 15 is 0 Å². The van der Waals surface area contributed by atoms with Crippen molar-refractivity contribution in [1.82, 2.24) is 10.2 Å². The minimum Gasteiger partial charge on any atom is -0.406 e. The molecule has 0 aliphatic rings. The maximum atomic E-state index is 12.4. The van der Waals surface area contributed by atoms with E-state index in [0.29, 0.717) is 12.0 Å². The van der Waals surface area contributed by atoms with Gasteiger partial charge in [0.25, 0.3) is 0 Å². The fourth-order valence-corrected chi connectivity index (χ4v) is 2.53. The van der Waals surface area contributed by atoms with Gasteiger partial charge in [0.1, 0.15) is 5.75 Å². The number of hydrogen-bond acceptors (Lipinski definition) is 2. The van der Waals surface area contributed by atoms with Gasteiger partial charge in [-0.15, -0.1) is 13.2 Å². The van der Waals surface area contributed by atoms with Gasteiger partial charge in [-0.3, -0.25) is 5.10 Å². The number of H-pyrrole nitrogens is 1. The van der Waals surface area contributed by atoms with Crippen molar-refractivity contribution in [3.8, 4) is 5.75 Å². The summed E-state index contributed by atoms with van der Waals surface area (Å²) in [5, 5.41) is 7.84. The first-order chi connectivity index (χ1) is 11.4. The molecule has 1 heterocycles. The monoisotopic (exact) mass is 332 g/mol. The number of nitrogens with one attached hydrogen (secondary N) is 1. The molecule has 0 aliphatic heterocycles. The third-order valence-electron chi connectivity index (χ3n) is 3.62. The number of alkyl halides is 3. The molecule has 6 heteroatoms. The first-order valence-corrected chi connectivity index (χ1v) is 7.44. The number of aromatic nitrogens is 2. The molecule has 0 atom stereocenters. The highest BCUT2D eigenvalue weighted by Crippen LogP contribution is 2.28. The van der Waals surface area contributed by atoms with E-state index in [9.17, 15) is 13.2 Å². The number of aromatic amines is 1. The number of nitrogens with zero attached hydrogens (tertiary/aromatic N) is 1. The van der Waals surface area contributed by atoms with E-state index in [0.717, 1.165) is 22.0 Å². The van der Waals surface area contributed by atoms with Crippen molar-refractivity contribution in [1.29, 1.82) is 0 Å². The quantitative estimate of drug-likeness (QED) is 0.649. The summed E-state index contributed by atoms with van der Waals surface area (Å²) in [6, 6.07) is 11.9. The lowest BCUT2D eigenvalue weighted by molar-refractivity contribution is -0.274. The van der Waals surface area contributed by atoms with Gasteiger partial charge in [0.05, 0.1) is 11.7 Å². The van der Waals surface area contributed by atoms with E-state index in [1.165, 1.54) is 12.1 Å². The summed E-state index contributed by atoms with van der Waals surface area (Å²) in [6.45, 7) is 1.96. The van der Waals surface area contributed by atoms with Gasteiger partial charge in [-0.2, -0.15) is 5.10 Å². The first-order valence-electron chi connectivity index (χ1n) is 7.44. The number of halogens is 3. The fourth-order valence-electron chi connectivity index (χ4n) is 2.53. The van der Waals surface area contributed by atoms with Crippen LogP contribution in [0.1, 0.15) is 24.5 Å². The van der Waals surface area contributed by atoms with Crippen LogP contribution in [0, 0.1) is 0 Å². The Morgan fingerprint density at radius 1 is 1.21 bits per heavy atom. The Morgan fingerprint density at radius 3 is 2.79 bits per heavy atom. The van der Waals surface area contributed by atoms with Gasteiger partial charge in [0, 0.05) is 5.39 Å². The standard InChI is InChI=1S/C18H15F3N2O/c1-2-13(8-12-6-7-17-15(9-12)11-22-23-17)14-4-3-5-16(10-14)24-18(19,20)21/h3-11H,2H2,1H3,(H,22,23)/b13-8+. The van der Waals surface area contributed by atoms with E-state index in [2.05, 4.69) is 14.9 Å². The molecule has 0 fully saturated rings. The molecule has 0 saturated carbocycles. The lowest BCUT2D eigenvalue weighted by Gasteiger charge is -2.11. The van der Waals surface area contributed by atoms with Gasteiger partial charge in [0.15, 0.2) is 0 Å². The van der Waals surface area contributed by atoms with Crippen molar-refractivity contribution < 1.29 is 17.9 Å². The molecule has 0 bridgehead atoms. The predicted molar refractivity (Wildman–Crippen MR) is 87.4 cm³/mol. The minimum atomic E-state index is -4.69. The molecule has 1 aromatic heterocycles. The summed E-state index contributed by atoms with van der Waals surface area (Å²) in [6.07, 6.45) is -0.324. The van der Waals surface area contributed by atoms with Crippen molar-refractivity contribution in [3.63, 3.8) is 0 Å². The van der Waals surface area contributed by atoms with Crippen LogP contribution in [-0.4, -0.2) is 16.6 Å². The van der Waals surface area contributed by atoms with E-state index < -0.39 is 6.36 Å². The summed E-state index contributed by atoms with van der Waals surface area (Å²) in [7, 11) is 0. The Balaban J connectivity index is 1.94. The Morgan fingerprint density at radius 2 is 2.04 bits per heavy atom. The van der Waals surface area contributed by atoms with Crippen molar-refractivity contribution in [3.05, 3.63) is 59.8 Å². The number of rotatable bonds is 4. The van der Waals surface area contributed by atoms with Crippen LogP contribution in [0.4, 0.5) is 13.2 Å². The molecule has 0 spiro atoms. The number of fused-ring (bicyclic) bond motifs is 1. The zero-order valence-electron chi connectivity index (χ0n) is 12.9. The van der Waals surface area contributed by atoms with Gasteiger partial charge >= 0.3 is 6.36 Å². The van der Waals surface area contributed by atoms with Crippen LogP contribution in [0.25, 0.3) is 22.6 Å². The van der Waals surface area contributed by atoms with Crippen molar-refractivity contribution >= 4 is 22.6 Å². The average Bonchev–Trinajstić information content (AvgIpc) is 2.98. The van der Waals surface area contributed by atoms with E-state index in [4.69, 9.17) is 0 Å². The smallest absolute Gasteiger partial charge is 0.406 e. The topological polar surface area (TPSA) is 37.9 Å². The molecule has 0 radical (unpaired) electrons. The van der Waals surface area contributed by atoms with Gasteiger partial charge < -0.3 is 4.74 Å². The number of benzene rings is 2. The average molecular weight is 332 g/mol. The summed E-state index contributed by atoms with van der Waals surface area (Å²) in [4.78, 5) is 0. The van der Waals surface area contributed by atoms with Gasteiger partial charge in [-0.1, -0.05) is 31.2 Å². The Kier molecular flexibility index (Phi) is 4.29. The lowest BCUT2D eigenvalue weighted by atomic mass is 10.00. The predicted octanol–water partition coefficient (Wildman–Crippen LogP) is 5.41. The van der Waals surface area contributed by atoms with Gasteiger partial charge in [-0.25, -0.2) is 0 Å². The molecule has 124 valence electrons. The Labute approximate surface area is 136 Å². The SMILES string of the molecule is CC/C(=C\c1ccc2[nH]ncc2c1)c1cccc(OC(F)(F)F)c1. The van der Waals surface area contributed by atoms with Crippen molar-refractivity contribution in [2.45, 2.75) is 19.7 Å². The highest BCUT2D eigenvalue weighted by Gasteiger charge is 2.31. The maximum absolute atomic E-state index is 12.4. The van der Waals surface area contributed by atoms with E-state index in [1.54, 1.807) is 18.3 Å². The highest BCUT2D eigenvalue weighted by atomic mass is 19.4. The van der Waals surface area contributed by atoms with Crippen LogP contribution in [0.3, 0.4) is 0 Å². The summed E-state index contributed by atoms with van der Waals surface area (Å²) in [5.41, 5.74) is 3.52. The molecule has 1 N–H and O–H groups in total. The second kappa shape index (κ2) is 6.39. The van der Waals surface area contributed by atoms with E-state index in [1.807, 2.05) is 31.2 Å². The molecule has 0 unspecified atom stereocenters. The van der Waals surface area contributed by atoms with Crippen LogP contribution < -0.4 is 4.74 Å². The zero-order valence-corrected chi connectivity index (χ0v) is 12.9. The summed E-state index contributed by atoms with van der Waals surface area (Å²) >= 11 is 0. The first kappa shape index (κ1) is 16.1. The van der Waals surface area contributed by atoms with Crippen LogP contribution in [0.15, 0.2) is 48.7 Å². The molecular weight excluding hydrogens is 317 g/mol. The molecule has 0 saturated heterocycles. The normalized spacial score (nSPS) is 12.6. The second-order valence-electron chi connectivity index (χ2n) is 5.32. The molecule has 2 aromatic carbocycles. The van der Waals surface area contributed by atoms with Crippen molar-refractivity contribution in [2.24, 2.45) is 0 Å². The van der Waals surface area contributed by atoms with Crippen LogP contribution in [0.2, 0.25) is 0 Å². The molecular formula is C18H15F3N2O. The third-order valence-corrected chi connectivity index (χ3v) is 3.62. The molecule has 0 amide bonds. The molecule has 0 aliphatic carbocycles. The molecule has 3 rings (SSSR count). The number of ether oxygens (including phenoxy) is 1. The zero-order chi connectivity index (χ0) is 17.2. The molecule has 3 aromatic rings. The van der Waals surface area contributed by atoms with Crippen LogP contribution in [-0.2, 0) is 0 Å². The van der Waals surface area contributed by atoms with Gasteiger partial charge in [-0.05, 0) is 47.4 Å². The fraction of sp³-hybridized carbons (Fsp3) is 0.167. The van der Waals surface area contributed by atoms with Crippen molar-refractivity contribution in [2.75, 3.05) is 0 Å². The highest BCUT2D eigenvalue weighted by molar-refractivity contribution is 5.86. The number of hydrogen-bond donors (Lipinski definition) is 1. The van der Waals surface area contributed by atoms with Gasteiger partial charge in [0.2, 0.25) is 0 Å². The lowest BCUT2D eigenvalue weighted by Crippen LogP contribution is -2.17. The summed E-state index contributed by atoms with van der Waals surface area (Å²) in [5.74, 6) is -0.218. The molecule has 24 heavy (non-hydrogen) atoms. The van der Waals surface area contributed by atoms with Crippen LogP contribution >= 0.6 is 0 Å². The summed E-state index contributed by atoms with van der Waals surface area (Å²) < 4.78 is 41.1.